The number of aliphatic hydroxyl groups is 1. The summed E-state index contributed by atoms with van der Waals surface area (Å²) >= 11 is 4.69. The lowest BCUT2D eigenvalue weighted by Crippen LogP contribution is -2.30. The SMILES string of the molecule is O=C(C1=C(O)C(=O)N(c2nccs2)[C@@H]1c1cccc(Br)c1)c1cc2ccccc2o1. The van der Waals surface area contributed by atoms with Gasteiger partial charge in [-0.3, -0.25) is 14.5 Å². The number of Topliss-reactive ketones (excluding diaryl/α,β-unsaturated/α-hetero) is 1. The van der Waals surface area contributed by atoms with Crippen molar-refractivity contribution in [3.63, 3.8) is 0 Å². The maximum atomic E-state index is 13.4. The van der Waals surface area contributed by atoms with Gasteiger partial charge < -0.3 is 9.52 Å². The second-order valence-corrected chi connectivity index (χ2v) is 8.48. The first-order chi connectivity index (χ1) is 14.5. The minimum absolute atomic E-state index is 0.0349. The predicted molar refractivity (Wildman–Crippen MR) is 117 cm³/mol. The van der Waals surface area contributed by atoms with Crippen LogP contribution in [-0.4, -0.2) is 21.8 Å². The van der Waals surface area contributed by atoms with E-state index in [0.717, 1.165) is 9.86 Å². The van der Waals surface area contributed by atoms with Crippen LogP contribution in [-0.2, 0) is 4.79 Å². The summed E-state index contributed by atoms with van der Waals surface area (Å²) in [6.45, 7) is 0. The number of fused-ring (bicyclic) bond motifs is 1. The lowest BCUT2D eigenvalue weighted by atomic mass is 9.95. The molecule has 0 unspecified atom stereocenters. The van der Waals surface area contributed by atoms with Crippen LogP contribution in [0.4, 0.5) is 5.13 Å². The van der Waals surface area contributed by atoms with Gasteiger partial charge in [-0.1, -0.05) is 46.3 Å². The fraction of sp³-hybridized carbons (Fsp3) is 0.0455. The number of aliphatic hydroxyl groups excluding tert-OH is 1. The maximum absolute atomic E-state index is 13.4. The molecule has 2 aromatic heterocycles. The Morgan fingerprint density at radius 2 is 2.00 bits per heavy atom. The molecule has 148 valence electrons. The van der Waals surface area contributed by atoms with Gasteiger partial charge in [-0.05, 0) is 29.8 Å². The fourth-order valence-corrected chi connectivity index (χ4v) is 4.67. The Kier molecular flexibility index (Phi) is 4.52. The molecule has 6 nitrogen and oxygen atoms in total. The smallest absolute Gasteiger partial charge is 0.296 e. The van der Waals surface area contributed by atoms with Gasteiger partial charge in [-0.2, -0.15) is 0 Å². The second-order valence-electron chi connectivity index (χ2n) is 6.69. The Bertz CT molecular complexity index is 1290. The molecule has 4 aromatic rings. The Balaban J connectivity index is 1.67. The van der Waals surface area contributed by atoms with Gasteiger partial charge in [-0.15, -0.1) is 11.3 Å². The van der Waals surface area contributed by atoms with Crippen LogP contribution >= 0.6 is 27.3 Å². The summed E-state index contributed by atoms with van der Waals surface area (Å²) in [4.78, 5) is 32.0. The minimum Gasteiger partial charge on any atom is -0.503 e. The van der Waals surface area contributed by atoms with Crippen molar-refractivity contribution in [2.75, 3.05) is 4.90 Å². The van der Waals surface area contributed by atoms with Crippen LogP contribution in [0.3, 0.4) is 0 Å². The number of furan rings is 1. The molecular weight excluding hydrogens is 468 g/mol. The number of ketones is 1. The Morgan fingerprint density at radius 3 is 2.73 bits per heavy atom. The monoisotopic (exact) mass is 480 g/mol. The van der Waals surface area contributed by atoms with Crippen molar-refractivity contribution < 1.29 is 19.1 Å². The molecule has 1 amide bonds. The standard InChI is InChI=1S/C22H13BrN2O4S/c23-14-6-3-5-13(10-14)18-17(20(27)21(28)25(18)22-24-8-9-30-22)19(26)16-11-12-4-1-2-7-15(12)29-16/h1-11,18,27H/t18-/m1/s1. The second kappa shape index (κ2) is 7.23. The summed E-state index contributed by atoms with van der Waals surface area (Å²) in [5, 5.41) is 13.6. The number of hydrogen-bond donors (Lipinski definition) is 1. The van der Waals surface area contributed by atoms with Crippen LogP contribution < -0.4 is 4.90 Å². The number of rotatable bonds is 4. The van der Waals surface area contributed by atoms with E-state index < -0.39 is 23.5 Å². The molecule has 5 rings (SSSR count). The summed E-state index contributed by atoms with van der Waals surface area (Å²) < 4.78 is 6.50. The summed E-state index contributed by atoms with van der Waals surface area (Å²) in [6, 6.07) is 15.3. The molecule has 2 aromatic carbocycles. The average Bonchev–Trinajstić information content (AvgIpc) is 3.46. The van der Waals surface area contributed by atoms with Crippen molar-refractivity contribution in [1.29, 1.82) is 0 Å². The molecule has 0 aliphatic carbocycles. The summed E-state index contributed by atoms with van der Waals surface area (Å²) in [5.41, 5.74) is 1.19. The minimum atomic E-state index is -0.832. The zero-order valence-corrected chi connectivity index (χ0v) is 17.7. The van der Waals surface area contributed by atoms with Crippen LogP contribution in [0.15, 0.2) is 86.4 Å². The van der Waals surface area contributed by atoms with Crippen LogP contribution in [0.1, 0.15) is 22.2 Å². The topological polar surface area (TPSA) is 83.6 Å². The molecule has 0 bridgehead atoms. The third-order valence-electron chi connectivity index (χ3n) is 4.89. The zero-order chi connectivity index (χ0) is 20.8. The molecule has 0 radical (unpaired) electrons. The number of aromatic nitrogens is 1. The highest BCUT2D eigenvalue weighted by molar-refractivity contribution is 9.10. The first-order valence-corrected chi connectivity index (χ1v) is 10.7. The molecule has 1 aliphatic rings. The molecule has 0 saturated heterocycles. The summed E-state index contributed by atoms with van der Waals surface area (Å²) in [5.74, 6) is -1.75. The van der Waals surface area contributed by atoms with E-state index in [1.54, 1.807) is 29.8 Å². The van der Waals surface area contributed by atoms with Crippen molar-refractivity contribution >= 4 is 55.1 Å². The quantitative estimate of drug-likeness (QED) is 0.393. The molecule has 0 spiro atoms. The summed E-state index contributed by atoms with van der Waals surface area (Å²) in [7, 11) is 0. The third-order valence-corrected chi connectivity index (χ3v) is 6.16. The number of amides is 1. The average molecular weight is 481 g/mol. The molecule has 0 fully saturated rings. The lowest BCUT2D eigenvalue weighted by molar-refractivity contribution is -0.117. The Hall–Kier alpha value is -3.23. The Morgan fingerprint density at radius 1 is 1.17 bits per heavy atom. The van der Waals surface area contributed by atoms with Gasteiger partial charge in [-0.25, -0.2) is 4.98 Å². The number of carbonyl (C=O) groups excluding carboxylic acids is 2. The number of carbonyl (C=O) groups is 2. The van der Waals surface area contributed by atoms with Crippen LogP contribution in [0.5, 0.6) is 0 Å². The van der Waals surface area contributed by atoms with Crippen LogP contribution in [0.2, 0.25) is 0 Å². The van der Waals surface area contributed by atoms with E-state index in [0.29, 0.717) is 16.3 Å². The Labute approximate surface area is 183 Å². The van der Waals surface area contributed by atoms with Gasteiger partial charge in [0.05, 0.1) is 11.6 Å². The number of benzene rings is 2. The van der Waals surface area contributed by atoms with Crippen molar-refractivity contribution in [2.45, 2.75) is 6.04 Å². The van der Waals surface area contributed by atoms with E-state index in [-0.39, 0.29) is 11.3 Å². The van der Waals surface area contributed by atoms with Gasteiger partial charge in [0, 0.05) is 21.4 Å². The molecule has 0 saturated carbocycles. The molecule has 1 atom stereocenters. The summed E-state index contributed by atoms with van der Waals surface area (Å²) in [6.07, 6.45) is 1.57. The van der Waals surface area contributed by atoms with Gasteiger partial charge in [0.15, 0.2) is 16.7 Å². The number of para-hydroxylation sites is 1. The zero-order valence-electron chi connectivity index (χ0n) is 15.3. The highest BCUT2D eigenvalue weighted by Crippen LogP contribution is 2.43. The lowest BCUT2D eigenvalue weighted by Gasteiger charge is -2.24. The predicted octanol–water partition coefficient (Wildman–Crippen LogP) is 5.43. The molecule has 8 heteroatoms. The van der Waals surface area contributed by atoms with E-state index >= 15 is 0 Å². The van der Waals surface area contributed by atoms with Gasteiger partial charge in [0.25, 0.3) is 5.91 Å². The first kappa shape index (κ1) is 18.8. The van der Waals surface area contributed by atoms with Gasteiger partial charge in [0.2, 0.25) is 5.78 Å². The maximum Gasteiger partial charge on any atom is 0.296 e. The highest BCUT2D eigenvalue weighted by Gasteiger charge is 2.46. The molecule has 1 aliphatic heterocycles. The van der Waals surface area contributed by atoms with Crippen molar-refractivity contribution in [3.05, 3.63) is 93.3 Å². The van der Waals surface area contributed by atoms with E-state index in [4.69, 9.17) is 4.42 Å². The number of thiazole rings is 1. The van der Waals surface area contributed by atoms with Crippen LogP contribution in [0, 0.1) is 0 Å². The number of anilines is 1. The van der Waals surface area contributed by atoms with E-state index in [2.05, 4.69) is 20.9 Å². The largest absolute Gasteiger partial charge is 0.503 e. The molecule has 30 heavy (non-hydrogen) atoms. The normalized spacial score (nSPS) is 16.6. The van der Waals surface area contributed by atoms with E-state index in [1.165, 1.54) is 16.2 Å². The number of hydrogen-bond acceptors (Lipinski definition) is 6. The van der Waals surface area contributed by atoms with Gasteiger partial charge in [0.1, 0.15) is 5.58 Å². The van der Waals surface area contributed by atoms with Crippen molar-refractivity contribution in [3.8, 4) is 0 Å². The van der Waals surface area contributed by atoms with Crippen LogP contribution in [0.25, 0.3) is 11.0 Å². The number of nitrogens with zero attached hydrogens (tertiary/aromatic N) is 2. The first-order valence-electron chi connectivity index (χ1n) is 8.99. The van der Waals surface area contributed by atoms with E-state index in [1.807, 2.05) is 36.4 Å². The van der Waals surface area contributed by atoms with E-state index in [9.17, 15) is 14.7 Å². The number of halogens is 1. The van der Waals surface area contributed by atoms with Crippen molar-refractivity contribution in [2.24, 2.45) is 0 Å². The molecular formula is C22H13BrN2O4S. The van der Waals surface area contributed by atoms with Crippen molar-refractivity contribution in [1.82, 2.24) is 4.98 Å². The molecule has 1 N–H and O–H groups in total. The molecule has 3 heterocycles. The highest BCUT2D eigenvalue weighted by atomic mass is 79.9. The van der Waals surface area contributed by atoms with Gasteiger partial charge >= 0.3 is 0 Å². The fourth-order valence-electron chi connectivity index (χ4n) is 3.59. The third kappa shape index (κ3) is 2.96.